The van der Waals surface area contributed by atoms with Gasteiger partial charge in [-0.3, -0.25) is 4.98 Å². The lowest BCUT2D eigenvalue weighted by Crippen LogP contribution is -2.38. The van der Waals surface area contributed by atoms with E-state index in [0.29, 0.717) is 17.8 Å². The topological polar surface area (TPSA) is 12.9 Å². The van der Waals surface area contributed by atoms with E-state index >= 15 is 0 Å². The van der Waals surface area contributed by atoms with Crippen LogP contribution in [0.15, 0.2) is 53.8 Å². The lowest BCUT2D eigenvalue weighted by Gasteiger charge is -2.48. The van der Waals surface area contributed by atoms with E-state index in [-0.39, 0.29) is 10.8 Å². The Kier molecular flexibility index (Phi) is 5.76. The third-order valence-corrected chi connectivity index (χ3v) is 8.64. The van der Waals surface area contributed by atoms with Gasteiger partial charge >= 0.3 is 0 Å². The SMILES string of the molecule is CCC(C)C(C)(C=CC(C)C)C1CC=C(C)C2=C1c1nccc3c(C)ccc(c13)C2(C)C. The fraction of sp³-hybridized carbons (Fsp3) is 0.516. The van der Waals surface area contributed by atoms with Gasteiger partial charge in [-0.25, -0.2) is 0 Å². The first kappa shape index (κ1) is 23.0. The maximum atomic E-state index is 5.10. The summed E-state index contributed by atoms with van der Waals surface area (Å²) in [5.41, 5.74) is 8.51. The smallest absolute Gasteiger partial charge is 0.0749 e. The molecular formula is C31H41N. The molecule has 170 valence electrons. The number of hydrogen-bond acceptors (Lipinski definition) is 1. The van der Waals surface area contributed by atoms with E-state index in [2.05, 4.69) is 98.7 Å². The lowest BCUT2D eigenvalue weighted by molar-refractivity contribution is 0.198. The molecular weight excluding hydrogens is 386 g/mol. The lowest BCUT2D eigenvalue weighted by atomic mass is 9.56. The van der Waals surface area contributed by atoms with Crippen molar-refractivity contribution in [2.24, 2.45) is 23.2 Å². The Hall–Kier alpha value is -2.15. The van der Waals surface area contributed by atoms with Crippen molar-refractivity contribution >= 4 is 16.3 Å². The van der Waals surface area contributed by atoms with Crippen LogP contribution in [0.1, 0.15) is 85.1 Å². The summed E-state index contributed by atoms with van der Waals surface area (Å²) >= 11 is 0. The molecule has 2 aromatic rings. The summed E-state index contributed by atoms with van der Waals surface area (Å²) in [4.78, 5) is 5.10. The molecule has 2 aliphatic rings. The maximum Gasteiger partial charge on any atom is 0.0749 e. The zero-order valence-corrected chi connectivity index (χ0v) is 21.6. The molecule has 3 atom stereocenters. The van der Waals surface area contributed by atoms with Gasteiger partial charge in [0, 0.05) is 17.0 Å². The number of nitrogens with zero attached hydrogens (tertiary/aromatic N) is 1. The van der Waals surface area contributed by atoms with Crippen molar-refractivity contribution in [3.63, 3.8) is 0 Å². The molecule has 1 aromatic carbocycles. The molecule has 32 heavy (non-hydrogen) atoms. The first-order valence-electron chi connectivity index (χ1n) is 12.5. The molecule has 2 aliphatic carbocycles. The molecule has 0 aliphatic heterocycles. The Morgan fingerprint density at radius 3 is 2.53 bits per heavy atom. The standard InChI is InChI=1S/C31H41N/c1-10-22(6)31(9,17-15-19(2)3)25-14-12-21(5)28-27(25)29-26-23(16-18-32-29)20(4)11-13-24(26)30(28,7)8/h11-13,15-19,22,25H,10,14H2,1-9H3. The molecule has 1 aromatic heterocycles. The minimum absolute atomic E-state index is 0.0330. The van der Waals surface area contributed by atoms with Gasteiger partial charge in [-0.2, -0.15) is 0 Å². The highest BCUT2D eigenvalue weighted by Crippen LogP contribution is 2.58. The molecule has 1 nitrogen and oxygen atoms in total. The van der Waals surface area contributed by atoms with Crippen LogP contribution >= 0.6 is 0 Å². The van der Waals surface area contributed by atoms with Gasteiger partial charge in [0.15, 0.2) is 0 Å². The summed E-state index contributed by atoms with van der Waals surface area (Å²) in [5, 5.41) is 2.75. The van der Waals surface area contributed by atoms with E-state index in [0.717, 1.165) is 6.42 Å². The highest BCUT2D eigenvalue weighted by molar-refractivity contribution is 6.02. The van der Waals surface area contributed by atoms with E-state index < -0.39 is 0 Å². The molecule has 0 saturated heterocycles. The molecule has 0 N–H and O–H groups in total. The van der Waals surface area contributed by atoms with Gasteiger partial charge in [0.05, 0.1) is 5.69 Å². The predicted molar refractivity (Wildman–Crippen MR) is 140 cm³/mol. The Bertz CT molecular complexity index is 1140. The van der Waals surface area contributed by atoms with Crippen molar-refractivity contribution in [1.29, 1.82) is 0 Å². The molecule has 0 amide bonds. The summed E-state index contributed by atoms with van der Waals surface area (Å²) in [7, 11) is 0. The summed E-state index contributed by atoms with van der Waals surface area (Å²) in [6.07, 6.45) is 11.8. The molecule has 1 heteroatoms. The predicted octanol–water partition coefficient (Wildman–Crippen LogP) is 8.82. The number of benzene rings is 1. The highest BCUT2D eigenvalue weighted by atomic mass is 14.7. The molecule has 3 unspecified atom stereocenters. The third kappa shape index (κ3) is 3.31. The number of aryl methyl sites for hydroxylation is 1. The average Bonchev–Trinajstić information content (AvgIpc) is 2.75. The van der Waals surface area contributed by atoms with Gasteiger partial charge in [-0.15, -0.1) is 0 Å². The fourth-order valence-electron chi connectivity index (χ4n) is 6.35. The van der Waals surface area contributed by atoms with E-state index in [1.165, 1.54) is 50.7 Å². The van der Waals surface area contributed by atoms with Gasteiger partial charge in [0.1, 0.15) is 0 Å². The average molecular weight is 428 g/mol. The minimum Gasteiger partial charge on any atom is -0.256 e. The van der Waals surface area contributed by atoms with Crippen LogP contribution in [0.4, 0.5) is 0 Å². The Balaban J connectivity index is 2.07. The first-order chi connectivity index (χ1) is 15.0. The monoisotopic (exact) mass is 427 g/mol. The van der Waals surface area contributed by atoms with Crippen molar-refractivity contribution in [3.05, 3.63) is 70.6 Å². The van der Waals surface area contributed by atoms with Gasteiger partial charge in [0.25, 0.3) is 0 Å². The summed E-state index contributed by atoms with van der Waals surface area (Å²) < 4.78 is 0. The zero-order valence-electron chi connectivity index (χ0n) is 21.6. The molecule has 1 heterocycles. The van der Waals surface area contributed by atoms with Gasteiger partial charge in [0.2, 0.25) is 0 Å². The fourth-order valence-corrected chi connectivity index (χ4v) is 6.35. The van der Waals surface area contributed by atoms with E-state index in [9.17, 15) is 0 Å². The van der Waals surface area contributed by atoms with Crippen LogP contribution < -0.4 is 0 Å². The van der Waals surface area contributed by atoms with Crippen LogP contribution in [0, 0.1) is 30.1 Å². The largest absolute Gasteiger partial charge is 0.256 e. The van der Waals surface area contributed by atoms with Crippen LogP contribution in [0.5, 0.6) is 0 Å². The normalized spacial score (nSPS) is 22.8. The van der Waals surface area contributed by atoms with Gasteiger partial charge in [-0.1, -0.05) is 90.8 Å². The molecule has 0 bridgehead atoms. The Morgan fingerprint density at radius 1 is 1.16 bits per heavy atom. The number of rotatable bonds is 5. The molecule has 0 spiro atoms. The van der Waals surface area contributed by atoms with Crippen LogP contribution in [-0.2, 0) is 5.41 Å². The second-order valence-electron chi connectivity index (χ2n) is 11.4. The minimum atomic E-state index is -0.0330. The van der Waals surface area contributed by atoms with Crippen LogP contribution in [-0.4, -0.2) is 4.98 Å². The Morgan fingerprint density at radius 2 is 1.88 bits per heavy atom. The molecule has 0 radical (unpaired) electrons. The summed E-state index contributed by atoms with van der Waals surface area (Å²) in [6, 6.07) is 6.87. The van der Waals surface area contributed by atoms with Crippen LogP contribution in [0.2, 0.25) is 0 Å². The van der Waals surface area contributed by atoms with Crippen LogP contribution in [0.3, 0.4) is 0 Å². The summed E-state index contributed by atoms with van der Waals surface area (Å²) in [6.45, 7) is 21.3. The second-order valence-corrected chi connectivity index (χ2v) is 11.4. The maximum absolute atomic E-state index is 5.10. The molecule has 4 rings (SSSR count). The summed E-state index contributed by atoms with van der Waals surface area (Å²) in [5.74, 6) is 1.57. The Labute approximate surface area is 195 Å². The van der Waals surface area contributed by atoms with Crippen LogP contribution in [0.25, 0.3) is 16.3 Å². The first-order valence-corrected chi connectivity index (χ1v) is 12.5. The van der Waals surface area contributed by atoms with Gasteiger partial charge in [-0.05, 0) is 77.2 Å². The second kappa shape index (κ2) is 8.01. The van der Waals surface area contributed by atoms with Gasteiger partial charge < -0.3 is 0 Å². The number of fused-ring (bicyclic) bond motifs is 1. The quantitative estimate of drug-likeness (QED) is 0.434. The number of aromatic nitrogens is 1. The van der Waals surface area contributed by atoms with Crippen molar-refractivity contribution < 1.29 is 0 Å². The number of hydrogen-bond donors (Lipinski definition) is 0. The van der Waals surface area contributed by atoms with E-state index in [1.54, 1.807) is 0 Å². The van der Waals surface area contributed by atoms with E-state index in [4.69, 9.17) is 4.98 Å². The van der Waals surface area contributed by atoms with E-state index in [1.807, 2.05) is 6.20 Å². The zero-order chi connectivity index (χ0) is 23.4. The third-order valence-electron chi connectivity index (χ3n) is 8.64. The number of pyridine rings is 1. The van der Waals surface area contributed by atoms with Crippen molar-refractivity contribution in [2.75, 3.05) is 0 Å². The van der Waals surface area contributed by atoms with Crippen molar-refractivity contribution in [3.8, 4) is 0 Å². The molecule has 0 saturated carbocycles. The highest BCUT2D eigenvalue weighted by Gasteiger charge is 2.46. The molecule has 0 fully saturated rings. The van der Waals surface area contributed by atoms with Crippen molar-refractivity contribution in [1.82, 2.24) is 4.98 Å². The van der Waals surface area contributed by atoms with Crippen molar-refractivity contribution in [2.45, 2.75) is 80.6 Å². The number of allylic oxidation sites excluding steroid dienone is 6.